The second-order valence-corrected chi connectivity index (χ2v) is 9.30. The number of aliphatic hydroxyl groups excluding tert-OH is 1. The average molecular weight is 513 g/mol. The maximum absolute atomic E-state index is 13.4. The van der Waals surface area contributed by atoms with E-state index in [9.17, 15) is 14.7 Å². The molecule has 2 amide bonds. The molecule has 8 nitrogen and oxygen atoms in total. The van der Waals surface area contributed by atoms with E-state index in [0.29, 0.717) is 19.8 Å². The van der Waals surface area contributed by atoms with Crippen molar-refractivity contribution in [3.63, 3.8) is 0 Å². The van der Waals surface area contributed by atoms with Crippen molar-refractivity contribution in [2.24, 2.45) is 5.92 Å². The Hall–Kier alpha value is -2.94. The number of carbonyl (C=O) groups is 2. The largest absolute Gasteiger partial charge is 0.449 e. The second-order valence-electron chi connectivity index (χ2n) is 9.30. The molecule has 0 fully saturated rings. The summed E-state index contributed by atoms with van der Waals surface area (Å²) in [5.41, 5.74) is 4.47. The molecule has 1 aliphatic rings. The molecule has 0 radical (unpaired) electrons. The molecule has 2 atom stereocenters. The summed E-state index contributed by atoms with van der Waals surface area (Å²) in [4.78, 5) is 27.7. The molecule has 2 unspecified atom stereocenters. The third-order valence-corrected chi connectivity index (χ3v) is 6.73. The Labute approximate surface area is 219 Å². The standard InChI is InChI=1S/C29H40N2O6/c1-5-20(4)16-31(17-27(35-6-2)36-7-3)28(33)26(18-32)30-29(34)37-19-25-23-14-10-8-12-21(23)22-13-9-11-15-24(22)25/h8-15,20,25-27,32H,5-7,16-19H2,1-4H3,(H,30,34). The Bertz CT molecular complexity index is 977. The zero-order valence-corrected chi connectivity index (χ0v) is 22.3. The Morgan fingerprint density at radius 3 is 2.03 bits per heavy atom. The molecular formula is C29H40N2O6. The first-order valence-corrected chi connectivity index (χ1v) is 13.2. The molecule has 0 aliphatic heterocycles. The number of hydrogen-bond donors (Lipinski definition) is 2. The molecule has 0 bridgehead atoms. The van der Waals surface area contributed by atoms with E-state index in [1.54, 1.807) is 4.90 Å². The van der Waals surface area contributed by atoms with Gasteiger partial charge in [0.15, 0.2) is 6.29 Å². The molecule has 8 heteroatoms. The number of nitrogens with one attached hydrogen (secondary N) is 1. The molecule has 0 aromatic heterocycles. The second kappa shape index (κ2) is 14.1. The van der Waals surface area contributed by atoms with Crippen molar-refractivity contribution in [3.8, 4) is 11.1 Å². The molecule has 0 spiro atoms. The summed E-state index contributed by atoms with van der Waals surface area (Å²) < 4.78 is 16.9. The summed E-state index contributed by atoms with van der Waals surface area (Å²) in [6.45, 7) is 8.94. The first-order chi connectivity index (χ1) is 17.9. The highest BCUT2D eigenvalue weighted by Gasteiger charge is 2.31. The van der Waals surface area contributed by atoms with E-state index in [4.69, 9.17) is 14.2 Å². The lowest BCUT2D eigenvalue weighted by Gasteiger charge is -2.32. The van der Waals surface area contributed by atoms with Gasteiger partial charge >= 0.3 is 6.09 Å². The topological polar surface area (TPSA) is 97.3 Å². The smallest absolute Gasteiger partial charge is 0.407 e. The highest BCUT2D eigenvalue weighted by Crippen LogP contribution is 2.44. The number of nitrogens with zero attached hydrogens (tertiary/aromatic N) is 1. The summed E-state index contributed by atoms with van der Waals surface area (Å²) in [7, 11) is 0. The van der Waals surface area contributed by atoms with Crippen molar-refractivity contribution in [2.75, 3.05) is 39.5 Å². The van der Waals surface area contributed by atoms with Crippen molar-refractivity contribution in [1.82, 2.24) is 10.2 Å². The van der Waals surface area contributed by atoms with Crippen LogP contribution in [0, 0.1) is 5.92 Å². The zero-order valence-electron chi connectivity index (χ0n) is 22.3. The van der Waals surface area contributed by atoms with Crippen molar-refractivity contribution >= 4 is 12.0 Å². The normalized spacial score (nSPS) is 14.1. The molecule has 0 saturated carbocycles. The Kier molecular flexibility index (Phi) is 10.9. The van der Waals surface area contributed by atoms with Crippen LogP contribution in [-0.4, -0.2) is 73.9 Å². The summed E-state index contributed by atoms with van der Waals surface area (Å²) >= 11 is 0. The minimum Gasteiger partial charge on any atom is -0.449 e. The fraction of sp³-hybridized carbons (Fsp3) is 0.517. The van der Waals surface area contributed by atoms with Crippen LogP contribution in [0.3, 0.4) is 0 Å². The molecule has 202 valence electrons. The molecule has 3 rings (SSSR count). The van der Waals surface area contributed by atoms with Crippen LogP contribution in [0.5, 0.6) is 0 Å². The SMILES string of the molecule is CCOC(CN(CC(C)CC)C(=O)C(CO)NC(=O)OCC1c2ccccc2-c2ccccc21)OCC. The van der Waals surface area contributed by atoms with E-state index in [2.05, 4.69) is 17.4 Å². The monoisotopic (exact) mass is 512 g/mol. The number of amides is 2. The van der Waals surface area contributed by atoms with Crippen LogP contribution >= 0.6 is 0 Å². The fourth-order valence-corrected chi connectivity index (χ4v) is 4.65. The molecule has 2 aromatic rings. The maximum Gasteiger partial charge on any atom is 0.407 e. The van der Waals surface area contributed by atoms with E-state index >= 15 is 0 Å². The number of fused-ring (bicyclic) bond motifs is 3. The number of benzene rings is 2. The van der Waals surface area contributed by atoms with Gasteiger partial charge < -0.3 is 29.5 Å². The Morgan fingerprint density at radius 2 is 1.51 bits per heavy atom. The molecule has 37 heavy (non-hydrogen) atoms. The lowest BCUT2D eigenvalue weighted by molar-refractivity contribution is -0.161. The van der Waals surface area contributed by atoms with E-state index in [1.807, 2.05) is 64.1 Å². The number of carbonyl (C=O) groups excluding carboxylic acids is 2. The highest BCUT2D eigenvalue weighted by molar-refractivity contribution is 5.86. The van der Waals surface area contributed by atoms with E-state index in [0.717, 1.165) is 28.7 Å². The van der Waals surface area contributed by atoms with Crippen LogP contribution in [0.4, 0.5) is 4.79 Å². The quantitative estimate of drug-likeness (QED) is 0.369. The molecule has 0 saturated heterocycles. The van der Waals surface area contributed by atoms with Crippen LogP contribution in [0.15, 0.2) is 48.5 Å². The minimum atomic E-state index is -1.14. The lowest BCUT2D eigenvalue weighted by Crippen LogP contribution is -2.53. The first-order valence-electron chi connectivity index (χ1n) is 13.2. The van der Waals surface area contributed by atoms with Gasteiger partial charge in [-0.2, -0.15) is 0 Å². The highest BCUT2D eigenvalue weighted by atomic mass is 16.7. The number of rotatable bonds is 14. The number of ether oxygens (including phenoxy) is 3. The third kappa shape index (κ3) is 7.31. The van der Waals surface area contributed by atoms with E-state index in [-0.39, 0.29) is 25.0 Å². The van der Waals surface area contributed by atoms with Crippen molar-refractivity contribution in [1.29, 1.82) is 0 Å². The Balaban J connectivity index is 1.66. The van der Waals surface area contributed by atoms with Gasteiger partial charge in [0.05, 0.1) is 13.2 Å². The van der Waals surface area contributed by atoms with Crippen LogP contribution in [0.25, 0.3) is 11.1 Å². The van der Waals surface area contributed by atoms with Gasteiger partial charge in [-0.25, -0.2) is 4.79 Å². The number of alkyl carbamates (subject to hydrolysis) is 1. The van der Waals surface area contributed by atoms with Crippen LogP contribution in [0.1, 0.15) is 51.2 Å². The minimum absolute atomic E-state index is 0.0959. The van der Waals surface area contributed by atoms with Crippen LogP contribution in [0.2, 0.25) is 0 Å². The van der Waals surface area contributed by atoms with Crippen molar-refractivity contribution < 1.29 is 28.9 Å². The van der Waals surface area contributed by atoms with E-state index < -0.39 is 30.9 Å². The first kappa shape index (κ1) is 28.6. The Morgan fingerprint density at radius 1 is 0.946 bits per heavy atom. The van der Waals surface area contributed by atoms with Gasteiger partial charge in [0.1, 0.15) is 12.6 Å². The van der Waals surface area contributed by atoms with Crippen LogP contribution in [-0.2, 0) is 19.0 Å². The molecule has 0 heterocycles. The summed E-state index contributed by atoms with van der Waals surface area (Å²) in [5.74, 6) is -0.274. The molecule has 2 N–H and O–H groups in total. The predicted molar refractivity (Wildman–Crippen MR) is 142 cm³/mol. The molecular weight excluding hydrogens is 472 g/mol. The third-order valence-electron chi connectivity index (χ3n) is 6.73. The maximum atomic E-state index is 13.4. The molecule has 1 aliphatic carbocycles. The van der Waals surface area contributed by atoms with Gasteiger partial charge in [-0.05, 0) is 42.0 Å². The zero-order chi connectivity index (χ0) is 26.8. The number of hydrogen-bond acceptors (Lipinski definition) is 6. The summed E-state index contributed by atoms with van der Waals surface area (Å²) in [5, 5.41) is 12.5. The predicted octanol–water partition coefficient (Wildman–Crippen LogP) is 4.16. The van der Waals surface area contributed by atoms with E-state index in [1.165, 1.54) is 0 Å². The van der Waals surface area contributed by atoms with Gasteiger partial charge in [-0.3, -0.25) is 4.79 Å². The van der Waals surface area contributed by atoms with Crippen LogP contribution < -0.4 is 5.32 Å². The average Bonchev–Trinajstić information content (AvgIpc) is 3.23. The van der Waals surface area contributed by atoms with Gasteiger partial charge in [0.25, 0.3) is 0 Å². The van der Waals surface area contributed by atoms with Gasteiger partial charge in [0, 0.05) is 25.7 Å². The summed E-state index contributed by atoms with van der Waals surface area (Å²) in [6, 6.07) is 15.0. The van der Waals surface area contributed by atoms with Gasteiger partial charge in [0.2, 0.25) is 5.91 Å². The fourth-order valence-electron chi connectivity index (χ4n) is 4.65. The van der Waals surface area contributed by atoms with Gasteiger partial charge in [-0.1, -0.05) is 68.8 Å². The van der Waals surface area contributed by atoms with Crippen molar-refractivity contribution in [3.05, 3.63) is 59.7 Å². The lowest BCUT2D eigenvalue weighted by atomic mass is 9.98. The summed E-state index contributed by atoms with van der Waals surface area (Å²) in [6.07, 6.45) is -0.456. The number of aliphatic hydroxyl groups is 1. The van der Waals surface area contributed by atoms with Crippen molar-refractivity contribution in [2.45, 2.75) is 52.4 Å². The molecule has 2 aromatic carbocycles. The van der Waals surface area contributed by atoms with Gasteiger partial charge in [-0.15, -0.1) is 0 Å².